The molecular formula is C11H9N3O2S. The fourth-order valence-corrected chi connectivity index (χ4v) is 2.61. The Kier molecular flexibility index (Phi) is 2.36. The van der Waals surface area contributed by atoms with Crippen LogP contribution in [0.3, 0.4) is 0 Å². The van der Waals surface area contributed by atoms with Gasteiger partial charge in [-0.1, -0.05) is 0 Å². The van der Waals surface area contributed by atoms with E-state index in [0.717, 1.165) is 18.5 Å². The third kappa shape index (κ3) is 1.91. The van der Waals surface area contributed by atoms with E-state index in [1.54, 1.807) is 12.3 Å². The third-order valence-electron chi connectivity index (χ3n) is 2.61. The SMILES string of the molecule is O=C(O)c1sc(-c2ccncn2)nc1C1CC1. The van der Waals surface area contributed by atoms with Gasteiger partial charge < -0.3 is 5.11 Å². The fourth-order valence-electron chi connectivity index (χ4n) is 1.65. The largest absolute Gasteiger partial charge is 0.477 e. The molecule has 0 aliphatic heterocycles. The van der Waals surface area contributed by atoms with E-state index in [2.05, 4.69) is 15.0 Å². The van der Waals surface area contributed by atoms with Crippen LogP contribution in [0, 0.1) is 0 Å². The van der Waals surface area contributed by atoms with Crippen molar-refractivity contribution in [2.24, 2.45) is 0 Å². The van der Waals surface area contributed by atoms with E-state index >= 15 is 0 Å². The molecule has 0 aromatic carbocycles. The first-order chi connectivity index (χ1) is 8.25. The van der Waals surface area contributed by atoms with Gasteiger partial charge in [0.05, 0.1) is 5.69 Å². The zero-order valence-corrected chi connectivity index (χ0v) is 9.65. The number of carbonyl (C=O) groups is 1. The second-order valence-corrected chi connectivity index (χ2v) is 4.91. The predicted molar refractivity (Wildman–Crippen MR) is 62.1 cm³/mol. The molecule has 1 fully saturated rings. The standard InChI is InChI=1S/C11H9N3O2S/c15-11(16)9-8(6-1-2-6)14-10(17-9)7-3-4-12-5-13-7/h3-6H,1-2H2,(H,15,16). The van der Waals surface area contributed by atoms with E-state index in [1.165, 1.54) is 17.7 Å². The van der Waals surface area contributed by atoms with Gasteiger partial charge in [0.15, 0.2) is 0 Å². The highest BCUT2D eigenvalue weighted by atomic mass is 32.1. The number of hydrogen-bond acceptors (Lipinski definition) is 5. The molecule has 0 unspecified atom stereocenters. The van der Waals surface area contributed by atoms with Gasteiger partial charge >= 0.3 is 5.97 Å². The molecule has 6 heteroatoms. The van der Waals surface area contributed by atoms with Crippen LogP contribution in [-0.2, 0) is 0 Å². The van der Waals surface area contributed by atoms with Crippen molar-refractivity contribution < 1.29 is 9.90 Å². The molecule has 0 atom stereocenters. The van der Waals surface area contributed by atoms with Crippen molar-refractivity contribution in [1.82, 2.24) is 15.0 Å². The van der Waals surface area contributed by atoms with Crippen molar-refractivity contribution in [3.63, 3.8) is 0 Å². The van der Waals surface area contributed by atoms with Crippen molar-refractivity contribution in [3.8, 4) is 10.7 Å². The second kappa shape index (κ2) is 3.89. The topological polar surface area (TPSA) is 76.0 Å². The molecule has 0 radical (unpaired) electrons. The van der Waals surface area contributed by atoms with Gasteiger partial charge in [0, 0.05) is 12.1 Å². The maximum Gasteiger partial charge on any atom is 0.347 e. The predicted octanol–water partition coefficient (Wildman–Crippen LogP) is 2.18. The summed E-state index contributed by atoms with van der Waals surface area (Å²) in [6.07, 6.45) is 5.13. The van der Waals surface area contributed by atoms with Gasteiger partial charge in [-0.25, -0.2) is 19.7 Å². The van der Waals surface area contributed by atoms with E-state index < -0.39 is 5.97 Å². The summed E-state index contributed by atoms with van der Waals surface area (Å²) in [7, 11) is 0. The van der Waals surface area contributed by atoms with Gasteiger partial charge in [-0.2, -0.15) is 0 Å². The Bertz CT molecular complexity index is 563. The fraction of sp³-hybridized carbons (Fsp3) is 0.273. The molecule has 0 spiro atoms. The summed E-state index contributed by atoms with van der Waals surface area (Å²) >= 11 is 1.19. The maximum absolute atomic E-state index is 11.1. The molecule has 5 nitrogen and oxygen atoms in total. The molecule has 17 heavy (non-hydrogen) atoms. The third-order valence-corrected chi connectivity index (χ3v) is 3.69. The molecule has 0 bridgehead atoms. The summed E-state index contributed by atoms with van der Waals surface area (Å²) in [6.45, 7) is 0. The quantitative estimate of drug-likeness (QED) is 0.899. The number of nitrogens with zero attached hydrogens (tertiary/aromatic N) is 3. The van der Waals surface area contributed by atoms with Crippen LogP contribution in [0.25, 0.3) is 10.7 Å². The second-order valence-electron chi connectivity index (χ2n) is 3.91. The van der Waals surface area contributed by atoms with Crippen LogP contribution in [0.2, 0.25) is 0 Å². The number of thiazole rings is 1. The normalized spacial score (nSPS) is 14.8. The first-order valence-corrected chi connectivity index (χ1v) is 6.08. The van der Waals surface area contributed by atoms with Crippen LogP contribution in [-0.4, -0.2) is 26.0 Å². The van der Waals surface area contributed by atoms with Crippen LogP contribution < -0.4 is 0 Å². The lowest BCUT2D eigenvalue weighted by molar-refractivity contribution is 0.0700. The van der Waals surface area contributed by atoms with Crippen LogP contribution >= 0.6 is 11.3 Å². The van der Waals surface area contributed by atoms with Crippen molar-refractivity contribution in [2.45, 2.75) is 18.8 Å². The molecule has 2 heterocycles. The number of carboxylic acids is 1. The Balaban J connectivity index is 2.07. The van der Waals surface area contributed by atoms with Gasteiger partial charge in [-0.3, -0.25) is 0 Å². The Morgan fingerprint density at radius 2 is 2.29 bits per heavy atom. The van der Waals surface area contributed by atoms with Crippen LogP contribution in [0.1, 0.15) is 34.1 Å². The summed E-state index contributed by atoms with van der Waals surface area (Å²) in [5.41, 5.74) is 1.40. The molecule has 0 amide bonds. The van der Waals surface area contributed by atoms with E-state index in [0.29, 0.717) is 21.5 Å². The van der Waals surface area contributed by atoms with E-state index in [1.807, 2.05) is 0 Å². The highest BCUT2D eigenvalue weighted by Crippen LogP contribution is 2.43. The monoisotopic (exact) mass is 247 g/mol. The summed E-state index contributed by atoms with van der Waals surface area (Å²) in [5.74, 6) is -0.572. The average molecular weight is 247 g/mol. The van der Waals surface area contributed by atoms with Crippen LogP contribution in [0.5, 0.6) is 0 Å². The van der Waals surface area contributed by atoms with Gasteiger partial charge in [0.2, 0.25) is 0 Å². The van der Waals surface area contributed by atoms with Gasteiger partial charge in [-0.15, -0.1) is 11.3 Å². The zero-order chi connectivity index (χ0) is 11.8. The highest BCUT2D eigenvalue weighted by Gasteiger charge is 2.32. The van der Waals surface area contributed by atoms with Crippen LogP contribution in [0.15, 0.2) is 18.6 Å². The number of aromatic nitrogens is 3. The van der Waals surface area contributed by atoms with Gasteiger partial charge in [-0.05, 0) is 18.9 Å². The Hall–Kier alpha value is -1.82. The minimum absolute atomic E-state index is 0.327. The molecule has 2 aromatic rings. The van der Waals surface area contributed by atoms with E-state index in [-0.39, 0.29) is 0 Å². The molecule has 86 valence electrons. The molecule has 0 saturated heterocycles. The molecule has 1 aliphatic rings. The Labute approximate surface area is 101 Å². The number of rotatable bonds is 3. The number of carboxylic acid groups (broad SMARTS) is 1. The zero-order valence-electron chi connectivity index (χ0n) is 8.83. The van der Waals surface area contributed by atoms with Gasteiger partial charge in [0.1, 0.15) is 21.9 Å². The number of aromatic carboxylic acids is 1. The molecule has 1 N–H and O–H groups in total. The molecule has 3 rings (SSSR count). The van der Waals surface area contributed by atoms with Gasteiger partial charge in [0.25, 0.3) is 0 Å². The smallest absolute Gasteiger partial charge is 0.347 e. The van der Waals surface area contributed by atoms with Crippen LogP contribution in [0.4, 0.5) is 0 Å². The summed E-state index contributed by atoms with van der Waals surface area (Å²) in [5, 5.41) is 9.80. The maximum atomic E-state index is 11.1. The molecular weight excluding hydrogens is 238 g/mol. The van der Waals surface area contributed by atoms with E-state index in [9.17, 15) is 4.79 Å². The Morgan fingerprint density at radius 3 is 2.88 bits per heavy atom. The van der Waals surface area contributed by atoms with Crippen molar-refractivity contribution in [2.75, 3.05) is 0 Å². The molecule has 1 aliphatic carbocycles. The van der Waals surface area contributed by atoms with Crippen molar-refractivity contribution in [1.29, 1.82) is 0 Å². The molecule has 2 aromatic heterocycles. The lowest BCUT2D eigenvalue weighted by Gasteiger charge is -1.92. The summed E-state index contributed by atoms with van der Waals surface area (Å²) in [4.78, 5) is 23.8. The van der Waals surface area contributed by atoms with Crippen molar-refractivity contribution in [3.05, 3.63) is 29.2 Å². The lowest BCUT2D eigenvalue weighted by Crippen LogP contribution is -1.97. The average Bonchev–Trinajstić information content (AvgIpc) is 3.09. The summed E-state index contributed by atoms with van der Waals surface area (Å²) in [6, 6.07) is 1.74. The first kappa shape index (κ1) is 10.3. The van der Waals surface area contributed by atoms with E-state index in [4.69, 9.17) is 5.11 Å². The first-order valence-electron chi connectivity index (χ1n) is 5.26. The summed E-state index contributed by atoms with van der Waals surface area (Å²) < 4.78 is 0. The van der Waals surface area contributed by atoms with Crippen molar-refractivity contribution >= 4 is 17.3 Å². The molecule has 1 saturated carbocycles. The highest BCUT2D eigenvalue weighted by molar-refractivity contribution is 7.17. The lowest BCUT2D eigenvalue weighted by atomic mass is 10.2. The Morgan fingerprint density at radius 1 is 1.47 bits per heavy atom. The number of hydrogen-bond donors (Lipinski definition) is 1. The minimum atomic E-state index is -0.898. The minimum Gasteiger partial charge on any atom is -0.477 e.